The van der Waals surface area contributed by atoms with Crippen LogP contribution in [0.15, 0.2) is 18.2 Å². The molecule has 2 N–H and O–H groups in total. The predicted octanol–water partition coefficient (Wildman–Crippen LogP) is 0.839. The number of ether oxygens (including phenoxy) is 3. The van der Waals surface area contributed by atoms with E-state index in [1.165, 1.54) is 0 Å². The van der Waals surface area contributed by atoms with Crippen LogP contribution in [-0.2, 0) is 14.3 Å². The molecule has 0 radical (unpaired) electrons. The molecule has 0 atom stereocenters. The number of rotatable bonds is 6. The first-order chi connectivity index (χ1) is 10.6. The second-order valence-electron chi connectivity index (χ2n) is 4.76. The molecule has 0 unspecified atom stereocenters. The maximum absolute atomic E-state index is 12.1. The lowest BCUT2D eigenvalue weighted by atomic mass is 10.1. The molecule has 1 aromatic carbocycles. The van der Waals surface area contributed by atoms with Crippen LogP contribution in [0.25, 0.3) is 0 Å². The van der Waals surface area contributed by atoms with E-state index in [1.807, 2.05) is 0 Å². The summed E-state index contributed by atoms with van der Waals surface area (Å²) in [5.41, 5.74) is 5.29. The zero-order chi connectivity index (χ0) is 15.9. The highest BCUT2D eigenvalue weighted by molar-refractivity contribution is 5.98. The monoisotopic (exact) mass is 307 g/mol. The Hall–Kier alpha value is -2.57. The van der Waals surface area contributed by atoms with Crippen molar-refractivity contribution in [3.63, 3.8) is 0 Å². The Morgan fingerprint density at radius 3 is 2.55 bits per heavy atom. The molecule has 1 aliphatic heterocycles. The smallest absolute Gasteiger partial charge is 0.306 e. The van der Waals surface area contributed by atoms with Crippen molar-refractivity contribution < 1.29 is 28.6 Å². The Kier molecular flexibility index (Phi) is 5.35. The van der Waals surface area contributed by atoms with E-state index in [1.54, 1.807) is 18.2 Å². The standard InChI is InChI=1S/C15H17NO6/c16-14(18)9-22-15(19)5-3-11(17)10-2-4-12-13(8-10)21-7-1-6-20-12/h2,4,8H,1,3,5-7,9H2,(H2,16,18). The molecular formula is C15H17NO6. The van der Waals surface area contributed by atoms with Crippen LogP contribution in [-0.4, -0.2) is 37.5 Å². The molecule has 7 heteroatoms. The van der Waals surface area contributed by atoms with Gasteiger partial charge in [-0.2, -0.15) is 0 Å². The second-order valence-corrected chi connectivity index (χ2v) is 4.76. The first-order valence-corrected chi connectivity index (χ1v) is 6.93. The molecule has 7 nitrogen and oxygen atoms in total. The molecule has 22 heavy (non-hydrogen) atoms. The predicted molar refractivity (Wildman–Crippen MR) is 75.8 cm³/mol. The minimum absolute atomic E-state index is 0.0166. The van der Waals surface area contributed by atoms with Gasteiger partial charge in [0.1, 0.15) is 0 Å². The summed E-state index contributed by atoms with van der Waals surface area (Å²) in [5.74, 6) is -0.453. The molecule has 1 heterocycles. The van der Waals surface area contributed by atoms with Crippen molar-refractivity contribution in [1.29, 1.82) is 0 Å². The van der Waals surface area contributed by atoms with Gasteiger partial charge in [0.05, 0.1) is 19.6 Å². The van der Waals surface area contributed by atoms with Gasteiger partial charge in [0.15, 0.2) is 23.9 Å². The molecule has 0 saturated heterocycles. The van der Waals surface area contributed by atoms with Crippen molar-refractivity contribution >= 4 is 17.7 Å². The van der Waals surface area contributed by atoms with Crippen molar-refractivity contribution in [3.05, 3.63) is 23.8 Å². The molecule has 118 valence electrons. The molecular weight excluding hydrogens is 290 g/mol. The van der Waals surface area contributed by atoms with Crippen molar-refractivity contribution in [2.45, 2.75) is 19.3 Å². The zero-order valence-corrected chi connectivity index (χ0v) is 12.0. The number of ketones is 1. The average Bonchev–Trinajstić information content (AvgIpc) is 2.74. The molecule has 1 amide bonds. The maximum atomic E-state index is 12.1. The molecule has 1 aliphatic rings. The van der Waals surface area contributed by atoms with E-state index in [4.69, 9.17) is 15.2 Å². The largest absolute Gasteiger partial charge is 0.490 e. The van der Waals surface area contributed by atoms with E-state index in [9.17, 15) is 14.4 Å². The Morgan fingerprint density at radius 2 is 1.82 bits per heavy atom. The Morgan fingerprint density at radius 1 is 1.09 bits per heavy atom. The number of amides is 1. The van der Waals surface area contributed by atoms with Crippen molar-refractivity contribution in [1.82, 2.24) is 0 Å². The highest BCUT2D eigenvalue weighted by Gasteiger charge is 2.15. The molecule has 0 saturated carbocycles. The normalized spacial score (nSPS) is 13.1. The van der Waals surface area contributed by atoms with E-state index in [-0.39, 0.29) is 18.6 Å². The van der Waals surface area contributed by atoms with Crippen LogP contribution < -0.4 is 15.2 Å². The highest BCUT2D eigenvalue weighted by atomic mass is 16.5. The third kappa shape index (κ3) is 4.47. The average molecular weight is 307 g/mol. The number of primary amides is 1. The fraction of sp³-hybridized carbons (Fsp3) is 0.400. The van der Waals surface area contributed by atoms with Gasteiger partial charge in [0.25, 0.3) is 5.91 Å². The molecule has 0 fully saturated rings. The minimum Gasteiger partial charge on any atom is -0.490 e. The fourth-order valence-electron chi connectivity index (χ4n) is 1.92. The lowest BCUT2D eigenvalue weighted by Crippen LogP contribution is -2.21. The fourth-order valence-corrected chi connectivity index (χ4v) is 1.92. The minimum atomic E-state index is -0.734. The van der Waals surface area contributed by atoms with Crippen LogP contribution >= 0.6 is 0 Å². The van der Waals surface area contributed by atoms with Crippen LogP contribution in [0.5, 0.6) is 11.5 Å². The zero-order valence-electron chi connectivity index (χ0n) is 12.0. The summed E-state index contributed by atoms with van der Waals surface area (Å²) < 4.78 is 15.6. The summed E-state index contributed by atoms with van der Waals surface area (Å²) in [7, 11) is 0. The first-order valence-electron chi connectivity index (χ1n) is 6.93. The van der Waals surface area contributed by atoms with Gasteiger partial charge in [-0.25, -0.2) is 0 Å². The number of carbonyl (C=O) groups is 3. The van der Waals surface area contributed by atoms with Crippen molar-refractivity contribution in [2.24, 2.45) is 5.73 Å². The Balaban J connectivity index is 1.91. The van der Waals surface area contributed by atoms with Gasteiger partial charge in [-0.3, -0.25) is 14.4 Å². The van der Waals surface area contributed by atoms with Gasteiger partial charge < -0.3 is 19.9 Å². The lowest BCUT2D eigenvalue weighted by molar-refractivity contribution is -0.147. The number of benzene rings is 1. The number of hydrogen-bond donors (Lipinski definition) is 1. The van der Waals surface area contributed by atoms with Gasteiger partial charge >= 0.3 is 5.97 Å². The van der Waals surface area contributed by atoms with Crippen molar-refractivity contribution in [2.75, 3.05) is 19.8 Å². The van der Waals surface area contributed by atoms with Crippen molar-refractivity contribution in [3.8, 4) is 11.5 Å². The maximum Gasteiger partial charge on any atom is 0.306 e. The molecule has 0 aromatic heterocycles. The first kappa shape index (κ1) is 15.8. The van der Waals surface area contributed by atoms with E-state index >= 15 is 0 Å². The van der Waals surface area contributed by atoms with E-state index in [0.29, 0.717) is 30.3 Å². The highest BCUT2D eigenvalue weighted by Crippen LogP contribution is 2.30. The van der Waals surface area contributed by atoms with Crippen LogP contribution in [0.1, 0.15) is 29.6 Å². The van der Waals surface area contributed by atoms with Crippen LogP contribution in [0.4, 0.5) is 0 Å². The second kappa shape index (κ2) is 7.44. The molecule has 2 rings (SSSR count). The van der Waals surface area contributed by atoms with Crippen LogP contribution in [0, 0.1) is 0 Å². The van der Waals surface area contributed by atoms with Gasteiger partial charge in [-0.05, 0) is 18.2 Å². The third-order valence-electron chi connectivity index (χ3n) is 3.00. The van der Waals surface area contributed by atoms with Gasteiger partial charge in [-0.1, -0.05) is 0 Å². The van der Waals surface area contributed by atoms with E-state index in [2.05, 4.69) is 4.74 Å². The summed E-state index contributed by atoms with van der Waals surface area (Å²) in [6.45, 7) is 0.632. The SMILES string of the molecule is NC(=O)COC(=O)CCC(=O)c1ccc2c(c1)OCCCO2. The molecule has 0 bridgehead atoms. The van der Waals surface area contributed by atoms with Crippen LogP contribution in [0.3, 0.4) is 0 Å². The number of hydrogen-bond acceptors (Lipinski definition) is 6. The topological polar surface area (TPSA) is 105 Å². The van der Waals surface area contributed by atoms with Gasteiger partial charge in [0.2, 0.25) is 0 Å². The number of Topliss-reactive ketones (excluding diaryl/α,β-unsaturated/α-hetero) is 1. The lowest BCUT2D eigenvalue weighted by Gasteiger charge is -2.08. The number of carbonyl (C=O) groups excluding carboxylic acids is 3. The summed E-state index contributed by atoms with van der Waals surface area (Å²) in [4.78, 5) is 33.9. The van der Waals surface area contributed by atoms with E-state index in [0.717, 1.165) is 6.42 Å². The number of esters is 1. The number of nitrogens with two attached hydrogens (primary N) is 1. The molecule has 1 aromatic rings. The van der Waals surface area contributed by atoms with Gasteiger partial charge in [-0.15, -0.1) is 0 Å². The summed E-state index contributed by atoms with van der Waals surface area (Å²) in [6.07, 6.45) is 0.654. The summed E-state index contributed by atoms with van der Waals surface area (Å²) >= 11 is 0. The van der Waals surface area contributed by atoms with Crippen LogP contribution in [0.2, 0.25) is 0 Å². The Bertz CT molecular complexity index is 583. The Labute approximate surface area is 127 Å². The molecule has 0 spiro atoms. The molecule has 0 aliphatic carbocycles. The van der Waals surface area contributed by atoms with Gasteiger partial charge in [0, 0.05) is 18.4 Å². The quantitative estimate of drug-likeness (QED) is 0.617. The summed E-state index contributed by atoms with van der Waals surface area (Å²) in [6, 6.07) is 4.92. The van der Waals surface area contributed by atoms with E-state index < -0.39 is 18.5 Å². The summed E-state index contributed by atoms with van der Waals surface area (Å²) in [5, 5.41) is 0. The third-order valence-corrected chi connectivity index (χ3v) is 3.00. The number of fused-ring (bicyclic) bond motifs is 1.